The van der Waals surface area contributed by atoms with Crippen LogP contribution in [-0.2, 0) is 0 Å². The van der Waals surface area contributed by atoms with Crippen LogP contribution < -0.4 is 10.2 Å². The highest BCUT2D eigenvalue weighted by Gasteiger charge is 2.12. The summed E-state index contributed by atoms with van der Waals surface area (Å²) < 4.78 is 5.90. The van der Waals surface area contributed by atoms with E-state index in [2.05, 4.69) is 29.1 Å². The highest BCUT2D eigenvalue weighted by molar-refractivity contribution is 6.05. The van der Waals surface area contributed by atoms with E-state index < -0.39 is 0 Å². The number of nitrogens with zero attached hydrogens (tertiary/aromatic N) is 2. The number of fused-ring (bicyclic) bond motifs is 3. The lowest BCUT2D eigenvalue weighted by Crippen LogP contribution is -3.12. The molecule has 0 amide bonds. The first kappa shape index (κ1) is 13.8. The van der Waals surface area contributed by atoms with Crippen LogP contribution in [0.5, 0.6) is 0 Å². The predicted molar refractivity (Wildman–Crippen MR) is 84.7 cm³/mol. The smallest absolute Gasteiger partial charge is 0.196 e. The van der Waals surface area contributed by atoms with Gasteiger partial charge in [-0.25, -0.2) is 9.97 Å². The number of rotatable bonds is 6. The fraction of sp³-hybridized carbons (Fsp3) is 0.375. The molecule has 0 spiro atoms. The average Bonchev–Trinajstić information content (AvgIpc) is 2.91. The lowest BCUT2D eigenvalue weighted by Gasteiger charge is -2.15. The molecule has 0 aliphatic rings. The first-order valence-electron chi connectivity index (χ1n) is 7.53. The van der Waals surface area contributed by atoms with Gasteiger partial charge in [-0.1, -0.05) is 12.1 Å². The number of para-hydroxylation sites is 1. The molecule has 0 saturated carbocycles. The number of aromatic nitrogens is 2. The van der Waals surface area contributed by atoms with Gasteiger partial charge in [-0.3, -0.25) is 0 Å². The van der Waals surface area contributed by atoms with Crippen LogP contribution in [0.4, 0.5) is 5.82 Å². The number of furan rings is 1. The third-order valence-electron chi connectivity index (χ3n) is 3.93. The maximum Gasteiger partial charge on any atom is 0.196 e. The molecule has 5 nitrogen and oxygen atoms in total. The Morgan fingerprint density at radius 1 is 1.14 bits per heavy atom. The van der Waals surface area contributed by atoms with Crippen LogP contribution in [0.15, 0.2) is 35.0 Å². The van der Waals surface area contributed by atoms with Crippen molar-refractivity contribution in [2.24, 2.45) is 0 Å². The third-order valence-corrected chi connectivity index (χ3v) is 3.93. The summed E-state index contributed by atoms with van der Waals surface area (Å²) in [6.45, 7) is 8.64. The lowest BCUT2D eigenvalue weighted by molar-refractivity contribution is -0.894. The van der Waals surface area contributed by atoms with Gasteiger partial charge in [-0.2, -0.15) is 0 Å². The molecule has 0 unspecified atom stereocenters. The quantitative estimate of drug-likeness (QED) is 0.724. The Hall–Kier alpha value is -2.14. The molecule has 5 heteroatoms. The molecule has 2 N–H and O–H groups in total. The molecule has 0 atom stereocenters. The van der Waals surface area contributed by atoms with Crippen LogP contribution in [0.2, 0.25) is 0 Å². The molecule has 1 aromatic carbocycles. The molecule has 2 heterocycles. The zero-order valence-corrected chi connectivity index (χ0v) is 12.5. The van der Waals surface area contributed by atoms with Crippen LogP contribution in [0.1, 0.15) is 13.8 Å². The monoisotopic (exact) mass is 285 g/mol. The Morgan fingerprint density at radius 3 is 2.76 bits per heavy atom. The van der Waals surface area contributed by atoms with Crippen LogP contribution in [0, 0.1) is 0 Å². The van der Waals surface area contributed by atoms with Crippen molar-refractivity contribution < 1.29 is 9.32 Å². The SMILES string of the molecule is CC[NH+](CC)CCNc1ncnc2c1oc1ccccc12. The zero-order valence-electron chi connectivity index (χ0n) is 12.5. The van der Waals surface area contributed by atoms with E-state index in [0.29, 0.717) is 0 Å². The zero-order chi connectivity index (χ0) is 14.7. The molecular weight excluding hydrogens is 264 g/mol. The summed E-state index contributed by atoms with van der Waals surface area (Å²) in [5, 5.41) is 4.42. The molecule has 3 aromatic rings. The van der Waals surface area contributed by atoms with Crippen molar-refractivity contribution >= 4 is 27.9 Å². The Labute approximate surface area is 124 Å². The van der Waals surface area contributed by atoms with E-state index in [1.165, 1.54) is 0 Å². The van der Waals surface area contributed by atoms with Gasteiger partial charge in [-0.15, -0.1) is 0 Å². The number of quaternary nitrogens is 1. The molecule has 0 saturated heterocycles. The van der Waals surface area contributed by atoms with Gasteiger partial charge < -0.3 is 14.6 Å². The Balaban J connectivity index is 1.85. The summed E-state index contributed by atoms with van der Waals surface area (Å²) in [5.74, 6) is 0.780. The van der Waals surface area contributed by atoms with E-state index in [4.69, 9.17) is 4.42 Å². The molecule has 0 bridgehead atoms. The summed E-state index contributed by atoms with van der Waals surface area (Å²) in [5.41, 5.74) is 2.47. The minimum atomic E-state index is 0.744. The maximum absolute atomic E-state index is 5.90. The van der Waals surface area contributed by atoms with Gasteiger partial charge in [0.2, 0.25) is 0 Å². The molecule has 21 heavy (non-hydrogen) atoms. The van der Waals surface area contributed by atoms with E-state index in [9.17, 15) is 0 Å². The normalized spacial score (nSPS) is 11.6. The first-order valence-corrected chi connectivity index (χ1v) is 7.53. The second-order valence-corrected chi connectivity index (χ2v) is 5.13. The molecule has 0 aliphatic heterocycles. The van der Waals surface area contributed by atoms with E-state index in [0.717, 1.165) is 54.1 Å². The van der Waals surface area contributed by atoms with Crippen molar-refractivity contribution in [1.29, 1.82) is 0 Å². The van der Waals surface area contributed by atoms with Crippen LogP contribution in [0.3, 0.4) is 0 Å². The van der Waals surface area contributed by atoms with E-state index in [1.807, 2.05) is 24.3 Å². The Kier molecular flexibility index (Phi) is 4.01. The number of nitrogens with one attached hydrogen (secondary N) is 2. The van der Waals surface area contributed by atoms with Gasteiger partial charge in [0.15, 0.2) is 11.4 Å². The van der Waals surface area contributed by atoms with Crippen molar-refractivity contribution in [3.63, 3.8) is 0 Å². The average molecular weight is 285 g/mol. The molecule has 0 fully saturated rings. The number of benzene rings is 1. The van der Waals surface area contributed by atoms with Crippen molar-refractivity contribution in [2.75, 3.05) is 31.5 Å². The third kappa shape index (κ3) is 2.69. The Bertz CT molecular complexity index is 733. The van der Waals surface area contributed by atoms with Crippen LogP contribution in [0.25, 0.3) is 22.1 Å². The molecule has 0 radical (unpaired) electrons. The number of hydrogen-bond donors (Lipinski definition) is 2. The van der Waals surface area contributed by atoms with Gasteiger partial charge in [0.1, 0.15) is 17.4 Å². The maximum atomic E-state index is 5.90. The fourth-order valence-electron chi connectivity index (χ4n) is 2.61. The first-order chi connectivity index (χ1) is 10.3. The molecule has 0 aliphatic carbocycles. The molecule has 3 rings (SSSR count). The van der Waals surface area contributed by atoms with E-state index in [1.54, 1.807) is 11.2 Å². The van der Waals surface area contributed by atoms with Crippen LogP contribution >= 0.6 is 0 Å². The van der Waals surface area contributed by atoms with Crippen molar-refractivity contribution in [3.8, 4) is 0 Å². The number of anilines is 1. The highest BCUT2D eigenvalue weighted by Crippen LogP contribution is 2.29. The minimum Gasteiger partial charge on any atom is -0.450 e. The summed E-state index contributed by atoms with van der Waals surface area (Å²) in [7, 11) is 0. The minimum absolute atomic E-state index is 0.744. The number of likely N-dealkylation sites (N-methyl/N-ethyl adjacent to an activating group) is 1. The van der Waals surface area contributed by atoms with Crippen LogP contribution in [-0.4, -0.2) is 36.1 Å². The largest absolute Gasteiger partial charge is 0.450 e. The summed E-state index contributed by atoms with van der Waals surface area (Å²) in [6.07, 6.45) is 1.59. The summed E-state index contributed by atoms with van der Waals surface area (Å²) in [6, 6.07) is 7.95. The van der Waals surface area contributed by atoms with Gasteiger partial charge >= 0.3 is 0 Å². The topological polar surface area (TPSA) is 55.4 Å². The molecule has 2 aromatic heterocycles. The van der Waals surface area contributed by atoms with Crippen molar-refractivity contribution in [3.05, 3.63) is 30.6 Å². The van der Waals surface area contributed by atoms with Gasteiger partial charge in [0, 0.05) is 5.39 Å². The van der Waals surface area contributed by atoms with Gasteiger partial charge in [0.25, 0.3) is 0 Å². The summed E-state index contributed by atoms with van der Waals surface area (Å²) in [4.78, 5) is 10.2. The fourth-order valence-corrected chi connectivity index (χ4v) is 2.61. The van der Waals surface area contributed by atoms with E-state index >= 15 is 0 Å². The van der Waals surface area contributed by atoms with Crippen molar-refractivity contribution in [2.45, 2.75) is 13.8 Å². The standard InChI is InChI=1S/C16H20N4O/c1-3-20(4-2)10-9-17-16-15-14(18-11-19-16)12-7-5-6-8-13(12)21-15/h5-8,11H,3-4,9-10H2,1-2H3,(H,17,18,19)/p+1. The van der Waals surface area contributed by atoms with E-state index in [-0.39, 0.29) is 0 Å². The predicted octanol–water partition coefficient (Wildman–Crippen LogP) is 1.71. The van der Waals surface area contributed by atoms with Crippen molar-refractivity contribution in [1.82, 2.24) is 9.97 Å². The second-order valence-electron chi connectivity index (χ2n) is 5.13. The summed E-state index contributed by atoms with van der Waals surface area (Å²) >= 11 is 0. The van der Waals surface area contributed by atoms with Gasteiger partial charge in [-0.05, 0) is 26.0 Å². The number of hydrogen-bond acceptors (Lipinski definition) is 4. The highest BCUT2D eigenvalue weighted by atomic mass is 16.3. The molecular formula is C16H21N4O+. The second kappa shape index (κ2) is 6.10. The molecule has 110 valence electrons. The lowest BCUT2D eigenvalue weighted by atomic mass is 10.2. The Morgan fingerprint density at radius 2 is 1.95 bits per heavy atom. The van der Waals surface area contributed by atoms with Gasteiger partial charge in [0.05, 0.1) is 26.2 Å².